The van der Waals surface area contributed by atoms with Crippen molar-refractivity contribution in [3.8, 4) is 11.5 Å². The summed E-state index contributed by atoms with van der Waals surface area (Å²) in [4.78, 5) is 12.6. The number of carbonyl (C=O) groups excluding carboxylic acids is 1. The van der Waals surface area contributed by atoms with Gasteiger partial charge in [-0.1, -0.05) is 46.9 Å². The lowest BCUT2D eigenvalue weighted by Crippen LogP contribution is -2.56. The molecular weight excluding hydrogens is 526 g/mol. The fraction of sp³-hybridized carbons (Fsp3) is 0.300. The molecule has 180 valence electrons. The predicted octanol–water partition coefficient (Wildman–Crippen LogP) is 5.06. The van der Waals surface area contributed by atoms with E-state index >= 15 is 0 Å². The maximum absolute atomic E-state index is 12.9. The number of benzene rings is 2. The quantitative estimate of drug-likeness (QED) is 0.257. The standard InChI is InChI=1S/C20H19Cl3F3N3O3S/c1-31-14-7-6-11(15(10-14)32-2)8-16(30)28-17(19(21,22)23)29-18(33)27-13-5-3-4-12(9-13)20(24,25)26/h3-7,9-10,17H,8H2,1-2H3,(H,28,30)(H2,27,29,33). The van der Waals surface area contributed by atoms with Crippen molar-refractivity contribution in [1.29, 1.82) is 0 Å². The number of rotatable bonds is 7. The van der Waals surface area contributed by atoms with Gasteiger partial charge in [0, 0.05) is 17.3 Å². The second kappa shape index (κ2) is 11.3. The highest BCUT2D eigenvalue weighted by atomic mass is 35.6. The molecule has 0 aliphatic carbocycles. The van der Waals surface area contributed by atoms with Crippen LogP contribution in [0.2, 0.25) is 0 Å². The normalized spacial score (nSPS) is 12.5. The van der Waals surface area contributed by atoms with Crippen LogP contribution in [0.5, 0.6) is 11.5 Å². The zero-order valence-electron chi connectivity index (χ0n) is 17.2. The molecule has 2 aromatic rings. The van der Waals surface area contributed by atoms with Crippen LogP contribution < -0.4 is 25.4 Å². The summed E-state index contributed by atoms with van der Waals surface area (Å²) >= 11 is 23.0. The van der Waals surface area contributed by atoms with E-state index in [2.05, 4.69) is 16.0 Å². The van der Waals surface area contributed by atoms with Crippen molar-refractivity contribution in [2.75, 3.05) is 19.5 Å². The largest absolute Gasteiger partial charge is 0.497 e. The molecule has 0 heterocycles. The molecule has 0 aromatic heterocycles. The number of methoxy groups -OCH3 is 2. The van der Waals surface area contributed by atoms with Gasteiger partial charge in [0.2, 0.25) is 9.70 Å². The maximum Gasteiger partial charge on any atom is 0.416 e. The van der Waals surface area contributed by atoms with Gasteiger partial charge < -0.3 is 25.4 Å². The minimum atomic E-state index is -4.52. The number of thiocarbonyl (C=S) groups is 1. The average Bonchev–Trinajstić information content (AvgIpc) is 2.72. The van der Waals surface area contributed by atoms with Gasteiger partial charge >= 0.3 is 6.18 Å². The Hall–Kier alpha value is -2.14. The van der Waals surface area contributed by atoms with E-state index in [1.807, 2.05) is 0 Å². The van der Waals surface area contributed by atoms with Gasteiger partial charge in [0.25, 0.3) is 0 Å². The van der Waals surface area contributed by atoms with Gasteiger partial charge in [0.15, 0.2) is 5.11 Å². The zero-order chi connectivity index (χ0) is 24.8. The molecule has 0 spiro atoms. The van der Waals surface area contributed by atoms with Crippen molar-refractivity contribution in [3.63, 3.8) is 0 Å². The van der Waals surface area contributed by atoms with Crippen molar-refractivity contribution in [2.24, 2.45) is 0 Å². The number of carbonyl (C=O) groups is 1. The first-order chi connectivity index (χ1) is 15.3. The summed E-state index contributed by atoms with van der Waals surface area (Å²) in [5.74, 6) is 0.427. The lowest BCUT2D eigenvalue weighted by Gasteiger charge is -2.28. The summed E-state index contributed by atoms with van der Waals surface area (Å²) in [7, 11) is 2.94. The van der Waals surface area contributed by atoms with Crippen LogP contribution in [0, 0.1) is 0 Å². The van der Waals surface area contributed by atoms with Crippen LogP contribution >= 0.6 is 47.0 Å². The van der Waals surface area contributed by atoms with Crippen LogP contribution in [0.4, 0.5) is 18.9 Å². The highest BCUT2D eigenvalue weighted by molar-refractivity contribution is 7.80. The third-order valence-electron chi connectivity index (χ3n) is 4.20. The Balaban J connectivity index is 2.08. The molecule has 1 amide bonds. The molecule has 0 fully saturated rings. The molecular formula is C20H19Cl3F3N3O3S. The van der Waals surface area contributed by atoms with E-state index < -0.39 is 27.6 Å². The van der Waals surface area contributed by atoms with Crippen LogP contribution in [0.1, 0.15) is 11.1 Å². The summed E-state index contributed by atoms with van der Waals surface area (Å²) in [5, 5.41) is 7.48. The predicted molar refractivity (Wildman–Crippen MR) is 126 cm³/mol. The first kappa shape index (κ1) is 27.1. The molecule has 0 saturated carbocycles. The molecule has 1 atom stereocenters. The Labute approximate surface area is 208 Å². The fourth-order valence-corrected chi connectivity index (χ4v) is 3.22. The highest BCUT2D eigenvalue weighted by Gasteiger charge is 2.35. The Kier molecular flexibility index (Phi) is 9.30. The molecule has 0 bridgehead atoms. The smallest absolute Gasteiger partial charge is 0.416 e. The first-order valence-electron chi connectivity index (χ1n) is 9.15. The van der Waals surface area contributed by atoms with E-state index in [-0.39, 0.29) is 17.2 Å². The van der Waals surface area contributed by atoms with Gasteiger partial charge in [0.1, 0.15) is 17.7 Å². The summed E-state index contributed by atoms with van der Waals surface area (Å²) in [6, 6.07) is 9.29. The molecule has 6 nitrogen and oxygen atoms in total. The average molecular weight is 545 g/mol. The number of hydrogen-bond donors (Lipinski definition) is 3. The second-order valence-corrected chi connectivity index (χ2v) is 9.35. The van der Waals surface area contributed by atoms with Crippen molar-refractivity contribution < 1.29 is 27.4 Å². The lowest BCUT2D eigenvalue weighted by molar-refractivity contribution is -0.137. The van der Waals surface area contributed by atoms with E-state index in [1.165, 1.54) is 26.4 Å². The molecule has 33 heavy (non-hydrogen) atoms. The minimum absolute atomic E-state index is 0.0553. The number of nitrogens with one attached hydrogen (secondary N) is 3. The molecule has 0 aliphatic rings. The fourth-order valence-electron chi connectivity index (χ4n) is 2.65. The van der Waals surface area contributed by atoms with E-state index in [0.717, 1.165) is 12.1 Å². The monoisotopic (exact) mass is 543 g/mol. The SMILES string of the molecule is COc1ccc(CC(=O)NC(NC(=S)Nc2cccc(C(F)(F)F)c2)C(Cl)(Cl)Cl)c(OC)c1. The minimum Gasteiger partial charge on any atom is -0.497 e. The van der Waals surface area contributed by atoms with Gasteiger partial charge in [-0.15, -0.1) is 0 Å². The van der Waals surface area contributed by atoms with Crippen molar-refractivity contribution in [3.05, 3.63) is 53.6 Å². The molecule has 2 rings (SSSR count). The topological polar surface area (TPSA) is 71.6 Å². The van der Waals surface area contributed by atoms with Crippen LogP contribution in [0.25, 0.3) is 0 Å². The molecule has 0 saturated heterocycles. The summed E-state index contributed by atoms with van der Waals surface area (Å²) in [6.07, 6.45) is -5.95. The van der Waals surface area contributed by atoms with Gasteiger partial charge in [-0.25, -0.2) is 0 Å². The van der Waals surface area contributed by atoms with Crippen LogP contribution in [-0.4, -0.2) is 35.2 Å². The van der Waals surface area contributed by atoms with Gasteiger partial charge in [0.05, 0.1) is 26.2 Å². The Morgan fingerprint density at radius 1 is 1.06 bits per heavy atom. The molecule has 0 aliphatic heterocycles. The number of ether oxygens (including phenoxy) is 2. The highest BCUT2D eigenvalue weighted by Crippen LogP contribution is 2.31. The van der Waals surface area contributed by atoms with Crippen molar-refractivity contribution in [1.82, 2.24) is 10.6 Å². The third-order valence-corrected chi connectivity index (χ3v) is 5.08. The Morgan fingerprint density at radius 3 is 2.33 bits per heavy atom. The molecule has 1 unspecified atom stereocenters. The van der Waals surface area contributed by atoms with E-state index in [4.69, 9.17) is 56.5 Å². The summed E-state index contributed by atoms with van der Waals surface area (Å²) in [6.45, 7) is 0. The number of anilines is 1. The number of amides is 1. The Morgan fingerprint density at radius 2 is 1.76 bits per heavy atom. The first-order valence-corrected chi connectivity index (χ1v) is 10.7. The zero-order valence-corrected chi connectivity index (χ0v) is 20.3. The summed E-state index contributed by atoms with van der Waals surface area (Å²) < 4.78 is 47.0. The number of alkyl halides is 6. The lowest BCUT2D eigenvalue weighted by atomic mass is 10.1. The van der Waals surface area contributed by atoms with Gasteiger partial charge in [-0.3, -0.25) is 4.79 Å². The van der Waals surface area contributed by atoms with Gasteiger partial charge in [-0.05, 0) is 36.5 Å². The van der Waals surface area contributed by atoms with Gasteiger partial charge in [-0.2, -0.15) is 13.2 Å². The second-order valence-electron chi connectivity index (χ2n) is 6.57. The number of hydrogen-bond acceptors (Lipinski definition) is 4. The van der Waals surface area contributed by atoms with E-state index in [9.17, 15) is 18.0 Å². The Bertz CT molecular complexity index is 1000. The molecule has 3 N–H and O–H groups in total. The van der Waals surface area contributed by atoms with Crippen LogP contribution in [0.15, 0.2) is 42.5 Å². The van der Waals surface area contributed by atoms with Crippen LogP contribution in [0.3, 0.4) is 0 Å². The number of halogens is 6. The third kappa shape index (κ3) is 8.29. The molecule has 13 heteroatoms. The van der Waals surface area contributed by atoms with Crippen LogP contribution in [-0.2, 0) is 17.4 Å². The van der Waals surface area contributed by atoms with E-state index in [0.29, 0.717) is 17.1 Å². The van der Waals surface area contributed by atoms with Crippen molar-refractivity contribution >= 4 is 63.7 Å². The summed E-state index contributed by atoms with van der Waals surface area (Å²) in [5.41, 5.74) is -0.266. The van der Waals surface area contributed by atoms with E-state index in [1.54, 1.807) is 18.2 Å². The van der Waals surface area contributed by atoms with Crippen molar-refractivity contribution in [2.45, 2.75) is 22.6 Å². The molecule has 0 radical (unpaired) electrons. The maximum atomic E-state index is 12.9. The molecule has 2 aromatic carbocycles.